The zero-order chi connectivity index (χ0) is 18.5. The third-order valence-corrected chi connectivity index (χ3v) is 5.36. The van der Waals surface area contributed by atoms with Gasteiger partial charge >= 0.3 is 0 Å². The van der Waals surface area contributed by atoms with Gasteiger partial charge in [0.05, 0.1) is 17.4 Å². The van der Waals surface area contributed by atoms with Crippen molar-refractivity contribution in [3.63, 3.8) is 0 Å². The van der Waals surface area contributed by atoms with Crippen molar-refractivity contribution in [3.8, 4) is 11.6 Å². The van der Waals surface area contributed by atoms with E-state index in [1.165, 1.54) is 19.3 Å². The van der Waals surface area contributed by atoms with Gasteiger partial charge in [0.1, 0.15) is 6.61 Å². The molecule has 0 saturated heterocycles. The smallest absolute Gasteiger partial charge is 0.239 e. The molecule has 4 nitrogen and oxygen atoms in total. The summed E-state index contributed by atoms with van der Waals surface area (Å²) in [6, 6.07) is 20.0. The average molecular weight is 362 g/mol. The van der Waals surface area contributed by atoms with E-state index < -0.39 is 6.10 Å². The molecule has 27 heavy (non-hydrogen) atoms. The summed E-state index contributed by atoms with van der Waals surface area (Å²) in [7, 11) is 0. The van der Waals surface area contributed by atoms with E-state index in [0.29, 0.717) is 12.5 Å². The van der Waals surface area contributed by atoms with Gasteiger partial charge in [0, 0.05) is 6.20 Å². The van der Waals surface area contributed by atoms with Gasteiger partial charge in [-0.05, 0) is 36.5 Å². The van der Waals surface area contributed by atoms with Crippen molar-refractivity contribution in [2.45, 2.75) is 44.8 Å². The van der Waals surface area contributed by atoms with Gasteiger partial charge in [0.2, 0.25) is 5.88 Å². The van der Waals surface area contributed by atoms with E-state index in [-0.39, 0.29) is 5.92 Å². The van der Waals surface area contributed by atoms with Crippen LogP contribution in [0.1, 0.15) is 49.3 Å². The predicted molar refractivity (Wildman–Crippen MR) is 106 cm³/mol. The zero-order valence-corrected chi connectivity index (χ0v) is 15.5. The molecule has 1 aromatic heterocycles. The number of benzene rings is 2. The van der Waals surface area contributed by atoms with E-state index >= 15 is 0 Å². The van der Waals surface area contributed by atoms with Gasteiger partial charge in [-0.2, -0.15) is 0 Å². The van der Waals surface area contributed by atoms with E-state index in [0.717, 1.165) is 29.7 Å². The second-order valence-electron chi connectivity index (χ2n) is 7.29. The van der Waals surface area contributed by atoms with Crippen LogP contribution in [0.25, 0.3) is 5.69 Å². The summed E-state index contributed by atoms with van der Waals surface area (Å²) in [5.74, 6) is 0.812. The molecule has 3 aromatic rings. The third-order valence-electron chi connectivity index (χ3n) is 5.36. The van der Waals surface area contributed by atoms with Crippen molar-refractivity contribution < 1.29 is 9.84 Å². The van der Waals surface area contributed by atoms with Crippen LogP contribution in [0.3, 0.4) is 0 Å². The second kappa shape index (κ2) is 8.40. The molecule has 0 aliphatic heterocycles. The van der Waals surface area contributed by atoms with Gasteiger partial charge in [0.15, 0.2) is 0 Å². The van der Waals surface area contributed by atoms with Crippen LogP contribution in [-0.4, -0.2) is 14.9 Å². The summed E-state index contributed by atoms with van der Waals surface area (Å²) >= 11 is 0. The molecule has 4 rings (SSSR count). The molecule has 1 fully saturated rings. The number of rotatable bonds is 6. The number of para-hydroxylation sites is 1. The van der Waals surface area contributed by atoms with Gasteiger partial charge in [-0.25, -0.2) is 4.68 Å². The molecule has 0 amide bonds. The predicted octanol–water partition coefficient (Wildman–Crippen LogP) is 5.07. The van der Waals surface area contributed by atoms with E-state index in [2.05, 4.69) is 5.10 Å². The van der Waals surface area contributed by atoms with Gasteiger partial charge in [-0.15, -0.1) is 5.10 Å². The molecule has 140 valence electrons. The highest BCUT2D eigenvalue weighted by atomic mass is 16.5. The Morgan fingerprint density at radius 1 is 0.963 bits per heavy atom. The number of hydrogen-bond donors (Lipinski definition) is 1. The summed E-state index contributed by atoms with van der Waals surface area (Å²) in [6.07, 6.45) is 7.17. The normalized spacial score (nSPS) is 16.2. The number of aliphatic hydroxyl groups is 1. The minimum atomic E-state index is -0.534. The third kappa shape index (κ3) is 4.22. The van der Waals surface area contributed by atoms with Crippen molar-refractivity contribution >= 4 is 0 Å². The van der Waals surface area contributed by atoms with E-state index in [1.54, 1.807) is 0 Å². The van der Waals surface area contributed by atoms with Crippen LogP contribution < -0.4 is 4.74 Å². The van der Waals surface area contributed by atoms with Crippen molar-refractivity contribution in [1.29, 1.82) is 0 Å². The summed E-state index contributed by atoms with van der Waals surface area (Å²) in [5.41, 5.74) is 2.84. The Balaban J connectivity index is 1.61. The van der Waals surface area contributed by atoms with Crippen LogP contribution in [0.15, 0.2) is 66.9 Å². The second-order valence-corrected chi connectivity index (χ2v) is 7.29. The number of aliphatic hydroxyl groups excluding tert-OH is 1. The Bertz CT molecular complexity index is 839. The molecule has 0 bridgehead atoms. The van der Waals surface area contributed by atoms with Crippen molar-refractivity contribution in [2.75, 3.05) is 0 Å². The molecule has 1 atom stereocenters. The Morgan fingerprint density at radius 2 is 1.63 bits per heavy atom. The molecular formula is C23H26N2O2. The van der Waals surface area contributed by atoms with Crippen molar-refractivity contribution in [3.05, 3.63) is 78.0 Å². The highest BCUT2D eigenvalue weighted by molar-refractivity contribution is 5.36. The topological polar surface area (TPSA) is 47.3 Å². The van der Waals surface area contributed by atoms with Crippen LogP contribution in [0.2, 0.25) is 0 Å². The van der Waals surface area contributed by atoms with Crippen molar-refractivity contribution in [2.24, 2.45) is 5.92 Å². The maximum absolute atomic E-state index is 11.1. The van der Waals surface area contributed by atoms with E-state index in [9.17, 15) is 5.11 Å². The fraction of sp³-hybridized carbons (Fsp3) is 0.348. The lowest BCUT2D eigenvalue weighted by molar-refractivity contribution is 0.0813. The molecule has 0 radical (unpaired) electrons. The number of hydrogen-bond acceptors (Lipinski definition) is 3. The Hall–Kier alpha value is -2.59. The fourth-order valence-corrected chi connectivity index (χ4v) is 3.83. The Kier molecular flexibility index (Phi) is 5.54. The molecule has 2 aromatic carbocycles. The molecule has 4 heteroatoms. The standard InChI is InChI=1S/C23H26N2O2/c26-22(19-12-6-2-7-13-19)21-16-25(20-14-8-3-9-15-20)24-23(21)27-17-18-10-4-1-5-11-18/h1,3-5,8-11,14-16,19,22,26H,2,6-7,12-13,17H2. The summed E-state index contributed by atoms with van der Waals surface area (Å²) in [5, 5.41) is 15.7. The summed E-state index contributed by atoms with van der Waals surface area (Å²) in [4.78, 5) is 0. The van der Waals surface area contributed by atoms with Crippen LogP contribution in [0.5, 0.6) is 5.88 Å². The van der Waals surface area contributed by atoms with Crippen LogP contribution in [0.4, 0.5) is 0 Å². The zero-order valence-electron chi connectivity index (χ0n) is 15.5. The summed E-state index contributed by atoms with van der Waals surface area (Å²) in [6.45, 7) is 0.441. The van der Waals surface area contributed by atoms with Crippen LogP contribution >= 0.6 is 0 Å². The van der Waals surface area contributed by atoms with Crippen LogP contribution in [0, 0.1) is 5.92 Å². The van der Waals surface area contributed by atoms with Crippen molar-refractivity contribution in [1.82, 2.24) is 9.78 Å². The first-order valence-electron chi connectivity index (χ1n) is 9.81. The SMILES string of the molecule is OC(c1cn(-c2ccccc2)nc1OCc1ccccc1)C1CCCCC1. The minimum Gasteiger partial charge on any atom is -0.471 e. The lowest BCUT2D eigenvalue weighted by atomic mass is 9.83. The van der Waals surface area contributed by atoms with Gasteiger partial charge in [-0.1, -0.05) is 67.8 Å². The van der Waals surface area contributed by atoms with Gasteiger partial charge < -0.3 is 9.84 Å². The van der Waals surface area contributed by atoms with Gasteiger partial charge in [-0.3, -0.25) is 0 Å². The molecule has 0 spiro atoms. The molecular weight excluding hydrogens is 336 g/mol. The lowest BCUT2D eigenvalue weighted by Gasteiger charge is -2.26. The quantitative estimate of drug-likeness (QED) is 0.666. The molecule has 1 saturated carbocycles. The Morgan fingerprint density at radius 3 is 2.33 bits per heavy atom. The summed E-state index contributed by atoms with van der Waals surface area (Å²) < 4.78 is 7.85. The lowest BCUT2D eigenvalue weighted by Crippen LogP contribution is -2.16. The van der Waals surface area contributed by atoms with E-state index in [4.69, 9.17) is 4.74 Å². The Labute approximate surface area is 160 Å². The number of aromatic nitrogens is 2. The molecule has 1 aliphatic carbocycles. The maximum atomic E-state index is 11.1. The number of nitrogens with zero attached hydrogens (tertiary/aromatic N) is 2. The molecule has 1 unspecified atom stereocenters. The highest BCUT2D eigenvalue weighted by Gasteiger charge is 2.28. The molecule has 1 aliphatic rings. The van der Waals surface area contributed by atoms with Gasteiger partial charge in [0.25, 0.3) is 0 Å². The first kappa shape index (κ1) is 17.8. The molecule has 1 N–H and O–H groups in total. The highest BCUT2D eigenvalue weighted by Crippen LogP contribution is 2.38. The first-order valence-corrected chi connectivity index (χ1v) is 9.81. The molecule has 1 heterocycles. The average Bonchev–Trinajstić information content (AvgIpc) is 3.18. The maximum Gasteiger partial charge on any atom is 0.239 e. The first-order chi connectivity index (χ1) is 13.3. The number of ether oxygens (including phenoxy) is 1. The van der Waals surface area contributed by atoms with E-state index in [1.807, 2.05) is 71.5 Å². The monoisotopic (exact) mass is 362 g/mol. The largest absolute Gasteiger partial charge is 0.471 e. The fourth-order valence-electron chi connectivity index (χ4n) is 3.83. The minimum absolute atomic E-state index is 0.284. The van der Waals surface area contributed by atoms with Crippen LogP contribution in [-0.2, 0) is 6.61 Å².